The molecule has 8 heteroatoms. The lowest BCUT2D eigenvalue weighted by Gasteiger charge is -2.21. The van der Waals surface area contributed by atoms with Crippen molar-refractivity contribution in [2.75, 3.05) is 11.1 Å². The zero-order valence-corrected chi connectivity index (χ0v) is 18.0. The summed E-state index contributed by atoms with van der Waals surface area (Å²) in [5, 5.41) is 23.4. The van der Waals surface area contributed by atoms with Crippen molar-refractivity contribution in [1.82, 2.24) is 19.7 Å². The summed E-state index contributed by atoms with van der Waals surface area (Å²) in [6, 6.07) is 4.78. The highest BCUT2D eigenvalue weighted by molar-refractivity contribution is 8.01. The van der Waals surface area contributed by atoms with E-state index in [2.05, 4.69) is 46.5 Å². The van der Waals surface area contributed by atoms with E-state index in [-0.39, 0.29) is 0 Å². The third kappa shape index (κ3) is 4.67. The molecule has 1 atom stereocenters. The van der Waals surface area contributed by atoms with E-state index in [9.17, 15) is 5.11 Å². The molecule has 4 rings (SSSR count). The Morgan fingerprint density at radius 2 is 2.00 bits per heavy atom. The molecular weight excluding hydrogens is 390 g/mol. The Morgan fingerprint density at radius 1 is 1.21 bits per heavy atom. The average Bonchev–Trinajstić information content (AvgIpc) is 3.29. The number of hydrogen-bond donors (Lipinski definition) is 2. The van der Waals surface area contributed by atoms with Crippen molar-refractivity contribution in [2.45, 2.75) is 69.0 Å². The smallest absolute Gasteiger partial charge is 0.206 e. The first-order valence-corrected chi connectivity index (χ1v) is 11.7. The Hall–Kier alpha value is -1.64. The summed E-state index contributed by atoms with van der Waals surface area (Å²) in [6.45, 7) is 4.73. The molecule has 0 spiro atoms. The molecule has 1 unspecified atom stereocenters. The van der Waals surface area contributed by atoms with E-state index in [0.717, 1.165) is 20.5 Å². The fourth-order valence-corrected chi connectivity index (χ4v) is 5.42. The number of nitrogens with one attached hydrogen (secondary N) is 1. The summed E-state index contributed by atoms with van der Waals surface area (Å²) < 4.78 is 2.93. The first kappa shape index (κ1) is 19.7. The first-order chi connectivity index (χ1) is 13.6. The van der Waals surface area contributed by atoms with E-state index in [1.165, 1.54) is 43.2 Å². The standard InChI is InChI=1S/C20H27N5OS2/c1-13-8-17-18(9-14(13)2)25(12-21-17)10-16(26)11-27-20-24-23-19(28-20)22-15-6-4-3-5-7-15/h8-9,12,15-16,26H,3-7,10-11H2,1-2H3,(H,22,23). The lowest BCUT2D eigenvalue weighted by atomic mass is 9.96. The second-order valence-corrected chi connectivity index (χ2v) is 9.88. The highest BCUT2D eigenvalue weighted by Gasteiger charge is 2.16. The maximum Gasteiger partial charge on any atom is 0.206 e. The number of fused-ring (bicyclic) bond motifs is 1. The molecule has 1 aliphatic carbocycles. The summed E-state index contributed by atoms with van der Waals surface area (Å²) in [5.74, 6) is 0.586. The molecule has 1 saturated carbocycles. The molecule has 0 radical (unpaired) electrons. The maximum atomic E-state index is 10.5. The number of nitrogens with zero attached hydrogens (tertiary/aromatic N) is 4. The maximum absolute atomic E-state index is 10.5. The average molecular weight is 418 g/mol. The Bertz CT molecular complexity index is 932. The van der Waals surface area contributed by atoms with Gasteiger partial charge in [0.2, 0.25) is 5.13 Å². The summed E-state index contributed by atoms with van der Waals surface area (Å²) >= 11 is 3.15. The van der Waals surface area contributed by atoms with Crippen LogP contribution < -0.4 is 5.32 Å². The molecule has 0 bridgehead atoms. The number of imidazole rings is 1. The molecule has 28 heavy (non-hydrogen) atoms. The lowest BCUT2D eigenvalue weighted by Crippen LogP contribution is -2.21. The normalized spacial score (nSPS) is 16.5. The summed E-state index contributed by atoms with van der Waals surface area (Å²) in [6.07, 6.45) is 7.73. The molecule has 2 aromatic heterocycles. The summed E-state index contributed by atoms with van der Waals surface area (Å²) in [7, 11) is 0. The number of aromatic nitrogens is 4. The van der Waals surface area contributed by atoms with Crippen molar-refractivity contribution >= 4 is 39.3 Å². The topological polar surface area (TPSA) is 75.9 Å². The second kappa shape index (κ2) is 8.80. The number of hydrogen-bond acceptors (Lipinski definition) is 7. The Kier molecular flexibility index (Phi) is 6.18. The number of anilines is 1. The van der Waals surface area contributed by atoms with E-state index in [1.807, 2.05) is 10.9 Å². The van der Waals surface area contributed by atoms with Gasteiger partial charge in [0.05, 0.1) is 30.0 Å². The van der Waals surface area contributed by atoms with Gasteiger partial charge in [0.1, 0.15) is 0 Å². The molecule has 0 saturated heterocycles. The number of thioether (sulfide) groups is 1. The minimum Gasteiger partial charge on any atom is -0.390 e. The van der Waals surface area contributed by atoms with E-state index in [1.54, 1.807) is 23.1 Å². The molecule has 1 aliphatic rings. The number of aliphatic hydroxyl groups excluding tert-OH is 1. The zero-order chi connectivity index (χ0) is 19.5. The van der Waals surface area contributed by atoms with Gasteiger partial charge in [-0.25, -0.2) is 4.98 Å². The van der Waals surface area contributed by atoms with Gasteiger partial charge < -0.3 is 15.0 Å². The van der Waals surface area contributed by atoms with Crippen LogP contribution in [0.4, 0.5) is 5.13 Å². The van der Waals surface area contributed by atoms with Crippen LogP contribution in [0.3, 0.4) is 0 Å². The third-order valence-electron chi connectivity index (χ3n) is 5.38. The van der Waals surface area contributed by atoms with Gasteiger partial charge in [0.25, 0.3) is 0 Å². The van der Waals surface area contributed by atoms with Crippen molar-refractivity contribution in [2.24, 2.45) is 0 Å². The van der Waals surface area contributed by atoms with Crippen LogP contribution in [0.5, 0.6) is 0 Å². The van der Waals surface area contributed by atoms with Crippen molar-refractivity contribution < 1.29 is 5.11 Å². The fourth-order valence-electron chi connectivity index (χ4n) is 3.65. The Labute approximate surface area is 173 Å². The van der Waals surface area contributed by atoms with Crippen LogP contribution in [0.25, 0.3) is 11.0 Å². The minimum atomic E-state index is -0.470. The van der Waals surface area contributed by atoms with Crippen molar-refractivity contribution in [3.05, 3.63) is 29.6 Å². The molecule has 1 fully saturated rings. The van der Waals surface area contributed by atoms with E-state index >= 15 is 0 Å². The van der Waals surface area contributed by atoms with Crippen LogP contribution in [0.1, 0.15) is 43.2 Å². The van der Waals surface area contributed by atoms with Gasteiger partial charge in [-0.05, 0) is 49.9 Å². The van der Waals surface area contributed by atoms with Crippen LogP contribution in [-0.2, 0) is 6.54 Å². The van der Waals surface area contributed by atoms with Crippen molar-refractivity contribution in [3.63, 3.8) is 0 Å². The first-order valence-electron chi connectivity index (χ1n) is 9.91. The molecular formula is C20H27N5OS2. The van der Waals surface area contributed by atoms with E-state index in [0.29, 0.717) is 18.3 Å². The van der Waals surface area contributed by atoms with E-state index < -0.39 is 6.10 Å². The highest BCUT2D eigenvalue weighted by atomic mass is 32.2. The van der Waals surface area contributed by atoms with Crippen molar-refractivity contribution in [1.29, 1.82) is 0 Å². The van der Waals surface area contributed by atoms with E-state index in [4.69, 9.17) is 0 Å². The summed E-state index contributed by atoms with van der Waals surface area (Å²) in [4.78, 5) is 4.47. The predicted octanol–water partition coefficient (Wildman–Crippen LogP) is 4.40. The Morgan fingerprint density at radius 3 is 2.82 bits per heavy atom. The zero-order valence-electron chi connectivity index (χ0n) is 16.4. The Balaban J connectivity index is 1.31. The molecule has 6 nitrogen and oxygen atoms in total. The SMILES string of the molecule is Cc1cc2ncn(CC(O)CSc3nnc(NC4CCCCC4)s3)c2cc1C. The molecule has 0 amide bonds. The number of benzene rings is 1. The monoisotopic (exact) mass is 417 g/mol. The lowest BCUT2D eigenvalue weighted by molar-refractivity contribution is 0.179. The molecule has 3 aromatic rings. The molecule has 150 valence electrons. The fraction of sp³-hybridized carbons (Fsp3) is 0.550. The second-order valence-electron chi connectivity index (χ2n) is 7.64. The van der Waals surface area contributed by atoms with Crippen LogP contribution in [0.15, 0.2) is 22.8 Å². The van der Waals surface area contributed by atoms with Crippen LogP contribution >= 0.6 is 23.1 Å². The molecule has 2 heterocycles. The quantitative estimate of drug-likeness (QED) is 0.555. The van der Waals surface area contributed by atoms with Crippen LogP contribution in [0, 0.1) is 13.8 Å². The predicted molar refractivity (Wildman–Crippen MR) is 116 cm³/mol. The van der Waals surface area contributed by atoms with Gasteiger partial charge in [-0.1, -0.05) is 42.4 Å². The molecule has 2 N–H and O–H groups in total. The third-order valence-corrected chi connectivity index (χ3v) is 7.52. The van der Waals surface area contributed by atoms with Crippen molar-refractivity contribution in [3.8, 4) is 0 Å². The van der Waals surface area contributed by atoms with Gasteiger partial charge in [0, 0.05) is 11.8 Å². The molecule has 0 aliphatic heterocycles. The minimum absolute atomic E-state index is 0.470. The number of aliphatic hydroxyl groups is 1. The van der Waals surface area contributed by atoms with Gasteiger partial charge in [-0.2, -0.15) is 0 Å². The molecule has 1 aromatic carbocycles. The number of aryl methyl sites for hydroxylation is 2. The van der Waals surface area contributed by atoms with Gasteiger partial charge in [-0.15, -0.1) is 10.2 Å². The summed E-state index contributed by atoms with van der Waals surface area (Å²) in [5.41, 5.74) is 4.53. The number of rotatable bonds is 7. The largest absolute Gasteiger partial charge is 0.390 e. The van der Waals surface area contributed by atoms with Gasteiger partial charge in [-0.3, -0.25) is 0 Å². The van der Waals surface area contributed by atoms with Crippen LogP contribution in [0.2, 0.25) is 0 Å². The van der Waals surface area contributed by atoms with Gasteiger partial charge >= 0.3 is 0 Å². The highest BCUT2D eigenvalue weighted by Crippen LogP contribution is 2.29. The van der Waals surface area contributed by atoms with Gasteiger partial charge in [0.15, 0.2) is 4.34 Å². The van der Waals surface area contributed by atoms with Crippen LogP contribution in [-0.4, -0.2) is 42.8 Å².